The number of thioether (sulfide) groups is 2. The minimum atomic E-state index is 0. The van der Waals surface area contributed by atoms with Crippen LogP contribution in [0.2, 0.25) is 0 Å². The number of benzene rings is 1. The van der Waals surface area contributed by atoms with E-state index in [-0.39, 0.29) is 24.0 Å². The van der Waals surface area contributed by atoms with E-state index in [1.54, 1.807) is 18.8 Å². The van der Waals surface area contributed by atoms with Gasteiger partial charge in [0.2, 0.25) is 0 Å². The van der Waals surface area contributed by atoms with Crippen molar-refractivity contribution in [3.05, 3.63) is 42.0 Å². The summed E-state index contributed by atoms with van der Waals surface area (Å²) >= 11 is 3.64. The Kier molecular flexibility index (Phi) is 12.9. The number of aryl methyl sites for hydroxylation is 1. The number of halogens is 1. The van der Waals surface area contributed by atoms with Crippen LogP contribution in [-0.4, -0.2) is 37.3 Å². The van der Waals surface area contributed by atoms with Crippen LogP contribution in [0.15, 0.2) is 40.7 Å². The fraction of sp³-hybridized carbons (Fsp3) is 0.438. The molecule has 22 heavy (non-hydrogen) atoms. The first-order valence-electron chi connectivity index (χ1n) is 6.98. The largest absolute Gasteiger partial charge is 0.356 e. The Morgan fingerprint density at radius 1 is 1.36 bits per heavy atom. The van der Waals surface area contributed by atoms with Crippen molar-refractivity contribution in [2.75, 3.05) is 31.4 Å². The summed E-state index contributed by atoms with van der Waals surface area (Å²) in [5.41, 5.74) is 2.60. The first kappa shape index (κ1) is 21.7. The van der Waals surface area contributed by atoms with Gasteiger partial charge in [0.25, 0.3) is 0 Å². The van der Waals surface area contributed by atoms with E-state index in [9.17, 15) is 0 Å². The molecule has 0 aliphatic rings. The molecule has 0 heterocycles. The lowest BCUT2D eigenvalue weighted by Crippen LogP contribution is -2.38. The Balaban J connectivity index is 0.00000441. The van der Waals surface area contributed by atoms with Gasteiger partial charge >= 0.3 is 0 Å². The molecule has 6 heteroatoms. The van der Waals surface area contributed by atoms with Crippen LogP contribution in [0.3, 0.4) is 0 Å². The van der Waals surface area contributed by atoms with Crippen LogP contribution in [0.4, 0.5) is 0 Å². The third kappa shape index (κ3) is 8.33. The summed E-state index contributed by atoms with van der Waals surface area (Å²) in [6.07, 6.45) is 4.04. The van der Waals surface area contributed by atoms with Gasteiger partial charge in [0.1, 0.15) is 0 Å². The molecule has 0 radical (unpaired) electrons. The van der Waals surface area contributed by atoms with Gasteiger partial charge in [-0.05, 0) is 30.4 Å². The zero-order chi connectivity index (χ0) is 15.5. The zero-order valence-corrected chi connectivity index (χ0v) is 17.5. The van der Waals surface area contributed by atoms with E-state index in [4.69, 9.17) is 0 Å². The Hall–Kier alpha value is -0.340. The van der Waals surface area contributed by atoms with Crippen molar-refractivity contribution >= 4 is 53.5 Å². The Morgan fingerprint density at radius 2 is 2.14 bits per heavy atom. The van der Waals surface area contributed by atoms with Crippen molar-refractivity contribution in [1.82, 2.24) is 10.6 Å². The lowest BCUT2D eigenvalue weighted by molar-refractivity contribution is 0.822. The fourth-order valence-corrected chi connectivity index (χ4v) is 3.09. The van der Waals surface area contributed by atoms with Crippen molar-refractivity contribution in [2.24, 2.45) is 4.99 Å². The van der Waals surface area contributed by atoms with E-state index in [0.29, 0.717) is 0 Å². The minimum absolute atomic E-state index is 0. The summed E-state index contributed by atoms with van der Waals surface area (Å²) in [6.45, 7) is 7.53. The lowest BCUT2D eigenvalue weighted by atomic mass is 10.1. The fourth-order valence-electron chi connectivity index (χ4n) is 1.81. The number of hydrogen-bond acceptors (Lipinski definition) is 3. The predicted octanol–water partition coefficient (Wildman–Crippen LogP) is 3.92. The quantitative estimate of drug-likeness (QED) is 0.157. The first-order chi connectivity index (χ1) is 10.2. The van der Waals surface area contributed by atoms with Crippen molar-refractivity contribution in [1.29, 1.82) is 0 Å². The normalized spacial score (nSPS) is 10.8. The second kappa shape index (κ2) is 13.1. The molecule has 1 aromatic rings. The van der Waals surface area contributed by atoms with Crippen LogP contribution in [0.5, 0.6) is 0 Å². The van der Waals surface area contributed by atoms with Gasteiger partial charge in [-0.2, -0.15) is 11.8 Å². The van der Waals surface area contributed by atoms with Crippen LogP contribution in [0.1, 0.15) is 11.1 Å². The summed E-state index contributed by atoms with van der Waals surface area (Å²) in [4.78, 5) is 5.57. The highest BCUT2D eigenvalue weighted by Crippen LogP contribution is 2.21. The van der Waals surface area contributed by atoms with Gasteiger partial charge in [-0.1, -0.05) is 18.2 Å². The maximum atomic E-state index is 4.25. The average molecular weight is 451 g/mol. The summed E-state index contributed by atoms with van der Waals surface area (Å²) in [6, 6.07) is 6.56. The highest BCUT2D eigenvalue weighted by molar-refractivity contribution is 14.0. The van der Waals surface area contributed by atoms with Gasteiger partial charge in [0, 0.05) is 36.5 Å². The molecule has 0 aliphatic heterocycles. The molecular formula is C16H26IN3S2. The molecule has 0 bridgehead atoms. The molecule has 0 unspecified atom stereocenters. The Labute approximate surface area is 160 Å². The number of hydrogen-bond donors (Lipinski definition) is 2. The monoisotopic (exact) mass is 451 g/mol. The maximum Gasteiger partial charge on any atom is 0.191 e. The Morgan fingerprint density at radius 3 is 2.77 bits per heavy atom. The van der Waals surface area contributed by atoms with E-state index < -0.39 is 0 Å². The molecule has 0 amide bonds. The van der Waals surface area contributed by atoms with E-state index >= 15 is 0 Å². The molecule has 0 aliphatic carbocycles. The standard InChI is InChI=1S/C16H25N3S2.HI/c1-5-9-21-10-8-18-16(17-3)19-12-14-7-6-13(2)11-15(14)20-4;/h5-7,11H,1,8-10,12H2,2-4H3,(H2,17,18,19);1H. The zero-order valence-electron chi connectivity index (χ0n) is 13.5. The molecule has 0 aromatic heterocycles. The lowest BCUT2D eigenvalue weighted by Gasteiger charge is -2.14. The highest BCUT2D eigenvalue weighted by atomic mass is 127. The van der Waals surface area contributed by atoms with E-state index in [1.807, 2.05) is 17.8 Å². The van der Waals surface area contributed by atoms with Gasteiger partial charge in [0.15, 0.2) is 5.96 Å². The van der Waals surface area contributed by atoms with Crippen molar-refractivity contribution in [2.45, 2.75) is 18.4 Å². The minimum Gasteiger partial charge on any atom is -0.356 e. The molecule has 0 saturated carbocycles. The topological polar surface area (TPSA) is 36.4 Å². The molecule has 0 saturated heterocycles. The second-order valence-corrected chi connectivity index (χ2v) is 6.53. The van der Waals surface area contributed by atoms with Gasteiger partial charge in [-0.15, -0.1) is 42.3 Å². The molecule has 0 spiro atoms. The predicted molar refractivity (Wildman–Crippen MR) is 114 cm³/mol. The van der Waals surface area contributed by atoms with Crippen LogP contribution >= 0.6 is 47.5 Å². The third-order valence-electron chi connectivity index (χ3n) is 2.89. The maximum absolute atomic E-state index is 4.25. The molecule has 0 fully saturated rings. The molecule has 1 aromatic carbocycles. The molecule has 3 nitrogen and oxygen atoms in total. The smallest absolute Gasteiger partial charge is 0.191 e. The van der Waals surface area contributed by atoms with E-state index in [0.717, 1.165) is 30.6 Å². The van der Waals surface area contributed by atoms with E-state index in [2.05, 4.69) is 53.6 Å². The Bertz CT molecular complexity index is 478. The summed E-state index contributed by atoms with van der Waals surface area (Å²) in [5.74, 6) is 2.89. The van der Waals surface area contributed by atoms with Crippen LogP contribution < -0.4 is 10.6 Å². The average Bonchev–Trinajstić information content (AvgIpc) is 2.50. The molecule has 1 rings (SSSR count). The molecular weight excluding hydrogens is 425 g/mol. The van der Waals surface area contributed by atoms with Gasteiger partial charge in [-0.3, -0.25) is 4.99 Å². The molecule has 0 atom stereocenters. The number of nitrogens with zero attached hydrogens (tertiary/aromatic N) is 1. The van der Waals surface area contributed by atoms with Crippen LogP contribution in [-0.2, 0) is 6.54 Å². The van der Waals surface area contributed by atoms with E-state index in [1.165, 1.54) is 16.0 Å². The van der Waals surface area contributed by atoms with Crippen molar-refractivity contribution < 1.29 is 0 Å². The highest BCUT2D eigenvalue weighted by Gasteiger charge is 2.03. The SMILES string of the molecule is C=CCSCCNC(=NC)NCc1ccc(C)cc1SC.I. The number of nitrogens with one attached hydrogen (secondary N) is 2. The van der Waals surface area contributed by atoms with Gasteiger partial charge in [-0.25, -0.2) is 0 Å². The molecule has 124 valence electrons. The second-order valence-electron chi connectivity index (χ2n) is 4.53. The van der Waals surface area contributed by atoms with Crippen LogP contribution in [0.25, 0.3) is 0 Å². The van der Waals surface area contributed by atoms with Crippen LogP contribution in [0, 0.1) is 6.92 Å². The number of aliphatic imine (C=N–C) groups is 1. The third-order valence-corrected chi connectivity index (χ3v) is 4.67. The summed E-state index contributed by atoms with van der Waals surface area (Å²) < 4.78 is 0. The number of guanidine groups is 1. The summed E-state index contributed by atoms with van der Waals surface area (Å²) in [5, 5.41) is 6.69. The molecule has 2 N–H and O–H groups in total. The van der Waals surface area contributed by atoms with Crippen molar-refractivity contribution in [3.8, 4) is 0 Å². The van der Waals surface area contributed by atoms with Gasteiger partial charge in [0.05, 0.1) is 0 Å². The number of rotatable bonds is 8. The van der Waals surface area contributed by atoms with Gasteiger partial charge < -0.3 is 10.6 Å². The van der Waals surface area contributed by atoms with Crippen molar-refractivity contribution in [3.63, 3.8) is 0 Å². The first-order valence-corrected chi connectivity index (χ1v) is 9.36. The summed E-state index contributed by atoms with van der Waals surface area (Å²) in [7, 11) is 1.80.